The number of hydrogen-bond acceptors (Lipinski definition) is 6. The molecule has 0 aliphatic carbocycles. The molecule has 1 atom stereocenters. The van der Waals surface area contributed by atoms with Crippen LogP contribution in [0.1, 0.15) is 25.3 Å². The molecule has 0 bridgehead atoms. The lowest BCUT2D eigenvalue weighted by molar-refractivity contribution is -0.384. The average Bonchev–Trinajstić information content (AvgIpc) is 2.53. The Morgan fingerprint density at radius 2 is 2.09 bits per heavy atom. The monoisotopic (exact) mass is 313 g/mol. The molecule has 1 aliphatic rings. The fourth-order valence-electron chi connectivity index (χ4n) is 2.67. The van der Waals surface area contributed by atoms with E-state index >= 15 is 0 Å². The van der Waals surface area contributed by atoms with Crippen LogP contribution in [0.25, 0.3) is 0 Å². The Hall–Kier alpha value is -3.14. The zero-order valence-corrected chi connectivity index (χ0v) is 12.9. The maximum Gasteiger partial charge on any atom is 0.336 e. The average molecular weight is 313 g/mol. The van der Waals surface area contributed by atoms with Crippen LogP contribution in [0.2, 0.25) is 0 Å². The zero-order valence-electron chi connectivity index (χ0n) is 12.9. The smallest absolute Gasteiger partial charge is 0.336 e. The second-order valence-electron chi connectivity index (χ2n) is 5.09. The third-order valence-corrected chi connectivity index (χ3v) is 3.70. The second-order valence-corrected chi connectivity index (χ2v) is 5.09. The maximum absolute atomic E-state index is 12.2. The zero-order chi connectivity index (χ0) is 17.1. The van der Waals surface area contributed by atoms with E-state index in [1.807, 2.05) is 0 Å². The fraction of sp³-hybridized carbons (Fsp3) is 0.250. The van der Waals surface area contributed by atoms with E-state index in [1.54, 1.807) is 19.9 Å². The molecule has 0 spiro atoms. The first-order valence-electron chi connectivity index (χ1n) is 6.82. The fourth-order valence-corrected chi connectivity index (χ4v) is 2.67. The molecule has 7 heteroatoms. The molecule has 1 N–H and O–H groups in total. The van der Waals surface area contributed by atoms with Crippen LogP contribution in [0.5, 0.6) is 0 Å². The first-order valence-corrected chi connectivity index (χ1v) is 6.82. The van der Waals surface area contributed by atoms with Crippen molar-refractivity contribution in [1.82, 2.24) is 5.32 Å². The Kier molecular flexibility index (Phi) is 4.46. The van der Waals surface area contributed by atoms with E-state index < -0.39 is 16.8 Å². The molecule has 1 heterocycles. The molecule has 0 fully saturated rings. The number of non-ortho nitro benzene ring substituents is 1. The number of benzene rings is 1. The standard InChI is InChI=1S/C16H15N3O4/c1-9-13(8-17)15(14(10(2)18-9)16(20)23-3)11-5-4-6-12(7-11)19(21)22/h4-7,15,18H,1-3H3. The van der Waals surface area contributed by atoms with Crippen molar-refractivity contribution in [1.29, 1.82) is 5.26 Å². The summed E-state index contributed by atoms with van der Waals surface area (Å²) in [4.78, 5) is 22.6. The van der Waals surface area contributed by atoms with E-state index in [4.69, 9.17) is 4.74 Å². The molecular weight excluding hydrogens is 298 g/mol. The van der Waals surface area contributed by atoms with E-state index in [0.717, 1.165) is 0 Å². The number of esters is 1. The van der Waals surface area contributed by atoms with Crippen LogP contribution in [0, 0.1) is 21.4 Å². The highest BCUT2D eigenvalue weighted by Crippen LogP contribution is 2.38. The third kappa shape index (κ3) is 2.92. The van der Waals surface area contributed by atoms with Gasteiger partial charge in [0.25, 0.3) is 5.69 Å². The minimum atomic E-state index is -0.700. The summed E-state index contributed by atoms with van der Waals surface area (Å²) in [6, 6.07) is 8.01. The Balaban J connectivity index is 2.68. The van der Waals surface area contributed by atoms with Crippen molar-refractivity contribution in [2.45, 2.75) is 19.8 Å². The van der Waals surface area contributed by atoms with E-state index in [-0.39, 0.29) is 11.3 Å². The van der Waals surface area contributed by atoms with E-state index in [9.17, 15) is 20.2 Å². The third-order valence-electron chi connectivity index (χ3n) is 3.70. The molecule has 0 radical (unpaired) electrons. The largest absolute Gasteiger partial charge is 0.466 e. The highest BCUT2D eigenvalue weighted by Gasteiger charge is 2.34. The summed E-state index contributed by atoms with van der Waals surface area (Å²) >= 11 is 0. The molecule has 1 unspecified atom stereocenters. The van der Waals surface area contributed by atoms with Gasteiger partial charge in [-0.1, -0.05) is 12.1 Å². The number of methoxy groups -OCH3 is 1. The Labute approximate surface area is 133 Å². The van der Waals surface area contributed by atoms with Crippen LogP contribution in [-0.4, -0.2) is 18.0 Å². The topological polar surface area (TPSA) is 105 Å². The number of dihydropyridines is 1. The maximum atomic E-state index is 12.2. The molecule has 2 rings (SSSR count). The minimum absolute atomic E-state index is 0.0992. The molecule has 1 aromatic carbocycles. The quantitative estimate of drug-likeness (QED) is 0.522. The normalized spacial score (nSPS) is 17.4. The molecule has 7 nitrogen and oxygen atoms in total. The molecule has 0 saturated carbocycles. The highest BCUT2D eigenvalue weighted by molar-refractivity contribution is 5.93. The van der Waals surface area contributed by atoms with E-state index in [2.05, 4.69) is 11.4 Å². The second kappa shape index (κ2) is 6.32. The van der Waals surface area contributed by atoms with Gasteiger partial charge < -0.3 is 10.1 Å². The Bertz CT molecular complexity index is 787. The van der Waals surface area contributed by atoms with Crippen molar-refractivity contribution in [2.24, 2.45) is 0 Å². The number of allylic oxidation sites excluding steroid dienone is 3. The Morgan fingerprint density at radius 3 is 2.65 bits per heavy atom. The first kappa shape index (κ1) is 16.2. The number of ether oxygens (including phenoxy) is 1. The van der Waals surface area contributed by atoms with Crippen LogP contribution in [0.3, 0.4) is 0 Å². The van der Waals surface area contributed by atoms with Gasteiger partial charge in [-0.05, 0) is 19.4 Å². The molecule has 1 aromatic rings. The van der Waals surface area contributed by atoms with Crippen LogP contribution < -0.4 is 5.32 Å². The Morgan fingerprint density at radius 1 is 1.39 bits per heavy atom. The summed E-state index contributed by atoms with van der Waals surface area (Å²) in [5, 5.41) is 23.5. The highest BCUT2D eigenvalue weighted by atomic mass is 16.6. The number of carbonyl (C=O) groups is 1. The van der Waals surface area contributed by atoms with Gasteiger partial charge in [-0.15, -0.1) is 0 Å². The summed E-state index contributed by atoms with van der Waals surface area (Å²) in [6.07, 6.45) is 0. The minimum Gasteiger partial charge on any atom is -0.466 e. The van der Waals surface area contributed by atoms with Crippen LogP contribution >= 0.6 is 0 Å². The lowest BCUT2D eigenvalue weighted by Crippen LogP contribution is -2.28. The number of carbonyl (C=O) groups excluding carboxylic acids is 1. The number of hydrogen-bond donors (Lipinski definition) is 1. The van der Waals surface area contributed by atoms with Crippen molar-refractivity contribution < 1.29 is 14.5 Å². The molecule has 1 aliphatic heterocycles. The molecule has 0 amide bonds. The van der Waals surface area contributed by atoms with Crippen molar-refractivity contribution in [3.05, 3.63) is 62.5 Å². The van der Waals surface area contributed by atoms with Gasteiger partial charge in [0.2, 0.25) is 0 Å². The van der Waals surface area contributed by atoms with E-state index in [0.29, 0.717) is 22.5 Å². The summed E-state index contributed by atoms with van der Waals surface area (Å²) in [5.41, 5.74) is 2.17. The van der Waals surface area contributed by atoms with Gasteiger partial charge in [-0.25, -0.2) is 4.79 Å². The van der Waals surface area contributed by atoms with Crippen LogP contribution in [-0.2, 0) is 9.53 Å². The summed E-state index contributed by atoms with van der Waals surface area (Å²) < 4.78 is 4.81. The molecule has 118 valence electrons. The van der Waals surface area contributed by atoms with Crippen molar-refractivity contribution in [3.63, 3.8) is 0 Å². The molecule has 23 heavy (non-hydrogen) atoms. The van der Waals surface area contributed by atoms with Crippen LogP contribution in [0.15, 0.2) is 46.8 Å². The van der Waals surface area contributed by atoms with Crippen molar-refractivity contribution in [3.8, 4) is 6.07 Å². The van der Waals surface area contributed by atoms with Crippen molar-refractivity contribution >= 4 is 11.7 Å². The summed E-state index contributed by atoms with van der Waals surface area (Å²) in [6.45, 7) is 3.43. The lowest BCUT2D eigenvalue weighted by atomic mass is 9.81. The lowest BCUT2D eigenvalue weighted by Gasteiger charge is -2.28. The van der Waals surface area contributed by atoms with Gasteiger partial charge in [-0.2, -0.15) is 5.26 Å². The number of nitriles is 1. The van der Waals surface area contributed by atoms with Gasteiger partial charge in [-0.3, -0.25) is 10.1 Å². The van der Waals surface area contributed by atoms with E-state index in [1.165, 1.54) is 25.3 Å². The summed E-state index contributed by atoms with van der Waals surface area (Å²) in [5.74, 6) is -1.28. The van der Waals surface area contributed by atoms with Gasteiger partial charge in [0.05, 0.1) is 35.2 Å². The molecular formula is C16H15N3O4. The number of nitrogens with zero attached hydrogens (tertiary/aromatic N) is 2. The predicted octanol–water partition coefficient (Wildman–Crippen LogP) is 2.53. The van der Waals surface area contributed by atoms with Gasteiger partial charge >= 0.3 is 5.97 Å². The predicted molar refractivity (Wildman–Crippen MR) is 82.0 cm³/mol. The van der Waals surface area contributed by atoms with Gasteiger partial charge in [0.15, 0.2) is 0 Å². The number of nitrogens with one attached hydrogen (secondary N) is 1. The number of nitro groups is 1. The summed E-state index contributed by atoms with van der Waals surface area (Å²) in [7, 11) is 1.25. The molecule has 0 saturated heterocycles. The first-order chi connectivity index (χ1) is 10.9. The number of nitro benzene ring substituents is 1. The van der Waals surface area contributed by atoms with Crippen molar-refractivity contribution in [2.75, 3.05) is 7.11 Å². The number of rotatable bonds is 3. The van der Waals surface area contributed by atoms with Gasteiger partial charge in [0, 0.05) is 23.5 Å². The molecule has 0 aromatic heterocycles. The van der Waals surface area contributed by atoms with Crippen LogP contribution in [0.4, 0.5) is 5.69 Å². The SMILES string of the molecule is COC(=O)C1=C(C)NC(C)=C(C#N)C1c1cccc([N+](=O)[O-])c1. The van der Waals surface area contributed by atoms with Gasteiger partial charge in [0.1, 0.15) is 0 Å².